The van der Waals surface area contributed by atoms with Crippen LogP contribution in [-0.2, 0) is 25.8 Å². The van der Waals surface area contributed by atoms with Crippen LogP contribution in [0.5, 0.6) is 11.5 Å². The van der Waals surface area contributed by atoms with Gasteiger partial charge in [0.2, 0.25) is 5.89 Å². The number of hydrogen-bond acceptors (Lipinski definition) is 7. The van der Waals surface area contributed by atoms with Crippen molar-refractivity contribution >= 4 is 26.7 Å². The lowest BCUT2D eigenvalue weighted by Crippen LogP contribution is -2.08. The summed E-state index contributed by atoms with van der Waals surface area (Å²) in [6.07, 6.45) is 3.88. The largest absolute Gasteiger partial charge is 0.466 e. The maximum atomic E-state index is 15.4. The summed E-state index contributed by atoms with van der Waals surface area (Å²) in [5.74, 6) is -3.92. The van der Waals surface area contributed by atoms with Crippen LogP contribution in [0.1, 0.15) is 43.0 Å². The quantitative estimate of drug-likeness (QED) is 0.168. The van der Waals surface area contributed by atoms with E-state index in [0.717, 1.165) is 18.4 Å². The molecule has 8 nitrogen and oxygen atoms in total. The number of H-pyrrole nitrogens is 1. The number of carbonyl (C=O) groups excluding carboxylic acids is 1. The van der Waals surface area contributed by atoms with E-state index in [4.69, 9.17) is 13.9 Å². The molecule has 1 atom stereocenters. The molecular weight excluding hydrogens is 585 g/mol. The van der Waals surface area contributed by atoms with Crippen molar-refractivity contribution in [1.82, 2.24) is 9.97 Å². The normalized spacial score (nSPS) is 12.4. The number of sulfone groups is 1. The van der Waals surface area contributed by atoms with Crippen molar-refractivity contribution < 1.29 is 40.3 Å². The maximum absolute atomic E-state index is 15.4. The number of benzene rings is 3. The molecule has 0 spiro atoms. The minimum absolute atomic E-state index is 0.0308. The van der Waals surface area contributed by atoms with Crippen LogP contribution in [0.25, 0.3) is 22.4 Å². The highest BCUT2D eigenvalue weighted by atomic mass is 32.2. The monoisotopic (exact) mass is 612 g/mol. The number of esters is 1. The molecule has 2 heterocycles. The van der Waals surface area contributed by atoms with E-state index >= 15 is 8.78 Å². The maximum Gasteiger partial charge on any atom is 0.306 e. The Hall–Kier alpha value is -4.58. The average Bonchev–Trinajstić information content (AvgIpc) is 3.63. The molecule has 0 saturated heterocycles. The van der Waals surface area contributed by atoms with Gasteiger partial charge in [-0.25, -0.2) is 26.6 Å². The number of rotatable bonds is 10. The van der Waals surface area contributed by atoms with Crippen LogP contribution < -0.4 is 4.74 Å². The fourth-order valence-electron chi connectivity index (χ4n) is 4.80. The summed E-state index contributed by atoms with van der Waals surface area (Å²) in [5, 5.41) is 0.241. The number of aromatic nitrogens is 2. The fourth-order valence-corrected chi connectivity index (χ4v) is 5.85. The summed E-state index contributed by atoms with van der Waals surface area (Å²) in [6.45, 7) is 3.64. The number of aryl methyl sites for hydroxylation is 1. The van der Waals surface area contributed by atoms with E-state index in [-0.39, 0.29) is 52.5 Å². The second-order valence-corrected chi connectivity index (χ2v) is 11.8. The zero-order valence-electron chi connectivity index (χ0n) is 23.4. The highest BCUT2D eigenvalue weighted by Crippen LogP contribution is 2.39. The van der Waals surface area contributed by atoms with Crippen LogP contribution in [0.15, 0.2) is 70.3 Å². The third-order valence-electron chi connectivity index (χ3n) is 6.92. The molecule has 0 aliphatic carbocycles. The zero-order valence-corrected chi connectivity index (χ0v) is 24.2. The average molecular weight is 613 g/mol. The number of halogens is 3. The van der Waals surface area contributed by atoms with Gasteiger partial charge in [-0.2, -0.15) is 0 Å². The molecule has 43 heavy (non-hydrogen) atoms. The zero-order chi connectivity index (χ0) is 30.9. The van der Waals surface area contributed by atoms with Crippen molar-refractivity contribution in [3.05, 3.63) is 95.3 Å². The number of aromatic amines is 1. The molecule has 0 bridgehead atoms. The minimum atomic E-state index is -3.94. The summed E-state index contributed by atoms with van der Waals surface area (Å²) in [4.78, 5) is 18.5. The van der Waals surface area contributed by atoms with Crippen molar-refractivity contribution in [1.29, 1.82) is 0 Å². The molecule has 0 radical (unpaired) electrons. The lowest BCUT2D eigenvalue weighted by atomic mass is 9.94. The smallest absolute Gasteiger partial charge is 0.306 e. The summed E-state index contributed by atoms with van der Waals surface area (Å²) in [6, 6.07) is 10.9. The molecule has 5 rings (SSSR count). The SMILES string of the molecule is CCOC(=O)CCc1cccc(C(C)c2coc(-c3cc(Oc4c(F)cc5[nH]ccc5c4S(C)(=O)=O)ccc3F)n2)c1F. The lowest BCUT2D eigenvalue weighted by Gasteiger charge is -2.13. The number of nitrogens with one attached hydrogen (secondary N) is 1. The van der Waals surface area contributed by atoms with Crippen molar-refractivity contribution in [2.45, 2.75) is 37.5 Å². The summed E-state index contributed by atoms with van der Waals surface area (Å²) in [7, 11) is -3.94. The first-order valence-electron chi connectivity index (χ1n) is 13.3. The molecule has 12 heteroatoms. The lowest BCUT2D eigenvalue weighted by molar-refractivity contribution is -0.143. The van der Waals surface area contributed by atoms with E-state index < -0.39 is 44.9 Å². The number of nitrogens with zero attached hydrogens (tertiary/aromatic N) is 1. The third-order valence-corrected chi connectivity index (χ3v) is 8.07. The Morgan fingerprint density at radius 3 is 2.63 bits per heavy atom. The Bertz CT molecular complexity index is 1930. The predicted octanol–water partition coefficient (Wildman–Crippen LogP) is 7.08. The molecule has 0 aliphatic rings. The van der Waals surface area contributed by atoms with Gasteiger partial charge in [-0.1, -0.05) is 25.1 Å². The highest BCUT2D eigenvalue weighted by Gasteiger charge is 2.26. The topological polar surface area (TPSA) is 111 Å². The van der Waals surface area contributed by atoms with Gasteiger partial charge in [0.1, 0.15) is 28.5 Å². The first-order chi connectivity index (χ1) is 20.5. The number of fused-ring (bicyclic) bond motifs is 1. The molecule has 1 unspecified atom stereocenters. The van der Waals surface area contributed by atoms with Gasteiger partial charge < -0.3 is 18.9 Å². The number of carbonyl (C=O) groups is 1. The van der Waals surface area contributed by atoms with Gasteiger partial charge in [0.25, 0.3) is 0 Å². The highest BCUT2D eigenvalue weighted by molar-refractivity contribution is 7.91. The first-order valence-corrected chi connectivity index (χ1v) is 15.2. The van der Waals surface area contributed by atoms with Crippen LogP contribution >= 0.6 is 0 Å². The second-order valence-electron chi connectivity index (χ2n) is 9.90. The van der Waals surface area contributed by atoms with E-state index in [1.165, 1.54) is 30.7 Å². The standard InChI is InChI=1S/C31H27F3N2O6S/c1-4-40-27(37)11-8-18-6-5-7-20(28(18)34)17(2)26-16-41-31(36-26)22-14-19(9-10-23(22)32)42-29-24(33)15-25-21(12-13-35-25)30(29)43(3,38)39/h5-7,9-10,12-17,35H,4,8,11H2,1-3H3. The Balaban J connectivity index is 1.43. The summed E-state index contributed by atoms with van der Waals surface area (Å²) in [5.41, 5.74) is 1.10. The molecule has 1 N–H and O–H groups in total. The Labute approximate surface area is 245 Å². The van der Waals surface area contributed by atoms with Crippen molar-refractivity contribution in [2.24, 2.45) is 0 Å². The summed E-state index contributed by atoms with van der Waals surface area (Å²) < 4.78 is 86.6. The Morgan fingerprint density at radius 1 is 1.09 bits per heavy atom. The van der Waals surface area contributed by atoms with E-state index in [1.807, 2.05) is 0 Å². The molecule has 0 saturated carbocycles. The number of oxazole rings is 1. The second kappa shape index (κ2) is 12.0. The van der Waals surface area contributed by atoms with E-state index in [0.29, 0.717) is 16.8 Å². The number of hydrogen-bond donors (Lipinski definition) is 1. The van der Waals surface area contributed by atoms with E-state index in [1.54, 1.807) is 32.0 Å². The van der Waals surface area contributed by atoms with Crippen molar-refractivity contribution in [3.8, 4) is 23.0 Å². The predicted molar refractivity (Wildman–Crippen MR) is 152 cm³/mol. The van der Waals surface area contributed by atoms with Gasteiger partial charge in [-0.15, -0.1) is 0 Å². The van der Waals surface area contributed by atoms with Gasteiger partial charge in [0.15, 0.2) is 21.4 Å². The van der Waals surface area contributed by atoms with Crippen LogP contribution in [0.4, 0.5) is 13.2 Å². The molecule has 3 aromatic carbocycles. The van der Waals surface area contributed by atoms with E-state index in [2.05, 4.69) is 9.97 Å². The van der Waals surface area contributed by atoms with E-state index in [9.17, 15) is 17.6 Å². The van der Waals surface area contributed by atoms with Gasteiger partial charge >= 0.3 is 5.97 Å². The molecule has 0 amide bonds. The van der Waals surface area contributed by atoms with Crippen LogP contribution in [0.2, 0.25) is 0 Å². The van der Waals surface area contributed by atoms with Gasteiger partial charge in [-0.05, 0) is 48.7 Å². The minimum Gasteiger partial charge on any atom is -0.466 e. The molecule has 5 aromatic rings. The summed E-state index contributed by atoms with van der Waals surface area (Å²) >= 11 is 0. The Kier molecular flexibility index (Phi) is 8.32. The number of ether oxygens (including phenoxy) is 2. The van der Waals surface area contributed by atoms with Gasteiger partial charge in [0, 0.05) is 41.8 Å². The Morgan fingerprint density at radius 2 is 1.88 bits per heavy atom. The van der Waals surface area contributed by atoms with Gasteiger partial charge in [-0.3, -0.25) is 4.79 Å². The third kappa shape index (κ3) is 6.14. The fraction of sp³-hybridized carbons (Fsp3) is 0.226. The molecular formula is C31H27F3N2O6S. The molecule has 2 aromatic heterocycles. The van der Waals surface area contributed by atoms with Crippen LogP contribution in [0.3, 0.4) is 0 Å². The van der Waals surface area contributed by atoms with Crippen molar-refractivity contribution in [3.63, 3.8) is 0 Å². The first kappa shape index (κ1) is 29.9. The molecule has 224 valence electrons. The van der Waals surface area contributed by atoms with Gasteiger partial charge in [0.05, 0.1) is 17.9 Å². The van der Waals surface area contributed by atoms with Crippen molar-refractivity contribution in [2.75, 3.05) is 12.9 Å². The van der Waals surface area contributed by atoms with Crippen LogP contribution in [0, 0.1) is 17.5 Å². The molecule has 0 aliphatic heterocycles. The van der Waals surface area contributed by atoms with Crippen LogP contribution in [-0.4, -0.2) is 37.2 Å². The molecule has 0 fully saturated rings.